The molecule has 1 aliphatic heterocycles. The van der Waals surface area contributed by atoms with Crippen LogP contribution in [0.25, 0.3) is 0 Å². The largest absolute Gasteiger partial charge is 0.377 e. The number of fused-ring (bicyclic) bond motifs is 2. The Labute approximate surface area is 189 Å². The summed E-state index contributed by atoms with van der Waals surface area (Å²) in [4.78, 5) is 8.99. The third-order valence-electron chi connectivity index (χ3n) is 5.75. The van der Waals surface area contributed by atoms with Crippen LogP contribution in [0.2, 0.25) is 0 Å². The van der Waals surface area contributed by atoms with Crippen molar-refractivity contribution < 1.29 is 4.74 Å². The highest BCUT2D eigenvalue weighted by Gasteiger charge is 2.23. The Balaban J connectivity index is 0.00000240. The second-order valence-electron chi connectivity index (χ2n) is 7.68. The number of nitrogens with zero attached hydrogens (tertiary/aromatic N) is 4. The van der Waals surface area contributed by atoms with Gasteiger partial charge in [-0.25, -0.2) is 9.67 Å². The second kappa shape index (κ2) is 10.4. The molecular formula is C21H31IN6O. The van der Waals surface area contributed by atoms with E-state index in [0.29, 0.717) is 18.6 Å². The fraction of sp³-hybridized carbons (Fsp3) is 0.571. The van der Waals surface area contributed by atoms with Crippen molar-refractivity contribution in [2.24, 2.45) is 4.99 Å². The summed E-state index contributed by atoms with van der Waals surface area (Å²) in [5, 5.41) is 11.7. The van der Waals surface area contributed by atoms with E-state index >= 15 is 0 Å². The fourth-order valence-corrected chi connectivity index (χ4v) is 4.34. The zero-order chi connectivity index (χ0) is 19.3. The molecule has 8 heteroatoms. The van der Waals surface area contributed by atoms with Crippen LogP contribution >= 0.6 is 24.0 Å². The van der Waals surface area contributed by atoms with Crippen molar-refractivity contribution in [3.8, 4) is 0 Å². The molecule has 0 amide bonds. The molecule has 1 aromatic carbocycles. The van der Waals surface area contributed by atoms with Crippen LogP contribution in [0, 0.1) is 0 Å². The maximum absolute atomic E-state index is 5.15. The van der Waals surface area contributed by atoms with Gasteiger partial charge in [0.05, 0.1) is 6.54 Å². The monoisotopic (exact) mass is 510 g/mol. The normalized spacial score (nSPS) is 21.0. The number of aromatic nitrogens is 3. The van der Waals surface area contributed by atoms with Gasteiger partial charge in [0.1, 0.15) is 12.4 Å². The van der Waals surface area contributed by atoms with Crippen LogP contribution in [-0.4, -0.2) is 47.5 Å². The van der Waals surface area contributed by atoms with Crippen LogP contribution in [-0.2, 0) is 30.7 Å². The maximum atomic E-state index is 5.15. The minimum absolute atomic E-state index is 0. The van der Waals surface area contributed by atoms with Crippen LogP contribution < -0.4 is 10.6 Å². The summed E-state index contributed by atoms with van der Waals surface area (Å²) < 4.78 is 7.15. The lowest BCUT2D eigenvalue weighted by molar-refractivity contribution is 0.177. The van der Waals surface area contributed by atoms with Crippen molar-refractivity contribution >= 4 is 29.9 Å². The molecule has 2 heterocycles. The molecule has 0 radical (unpaired) electrons. The molecular weight excluding hydrogens is 479 g/mol. The minimum atomic E-state index is 0. The molecule has 4 rings (SSSR count). The lowest BCUT2D eigenvalue weighted by Gasteiger charge is -2.28. The predicted molar refractivity (Wildman–Crippen MR) is 125 cm³/mol. The Morgan fingerprint density at radius 1 is 1.28 bits per heavy atom. The molecule has 7 nitrogen and oxygen atoms in total. The Hall–Kier alpha value is -1.68. The van der Waals surface area contributed by atoms with Crippen molar-refractivity contribution in [1.29, 1.82) is 0 Å². The van der Waals surface area contributed by atoms with Crippen LogP contribution in [0.5, 0.6) is 0 Å². The molecule has 0 saturated heterocycles. The smallest absolute Gasteiger partial charge is 0.191 e. The van der Waals surface area contributed by atoms with Gasteiger partial charge in [0.15, 0.2) is 11.8 Å². The van der Waals surface area contributed by atoms with E-state index in [2.05, 4.69) is 50.0 Å². The molecule has 2 aromatic rings. The van der Waals surface area contributed by atoms with Gasteiger partial charge in [0.25, 0.3) is 0 Å². The lowest BCUT2D eigenvalue weighted by atomic mass is 9.83. The minimum Gasteiger partial charge on any atom is -0.377 e. The first-order valence-electron chi connectivity index (χ1n) is 10.2. The Morgan fingerprint density at radius 3 is 2.97 bits per heavy atom. The highest BCUT2D eigenvalue weighted by Crippen LogP contribution is 2.30. The molecule has 29 heavy (non-hydrogen) atoms. The van der Waals surface area contributed by atoms with Gasteiger partial charge in [0, 0.05) is 39.1 Å². The standard InChI is InChI=1S/C21H30N6O.HI/c1-22-21(23-12-16-8-5-7-15-6-3-4-9-18(15)16)24-17-10-11-20-25-19(14-28-2)26-27(20)13-17;/h3-4,6,9,16-17H,5,7-8,10-14H2,1-2H3,(H2,22,23,24);1H. The summed E-state index contributed by atoms with van der Waals surface area (Å²) in [5.41, 5.74) is 2.99. The third-order valence-corrected chi connectivity index (χ3v) is 5.75. The Bertz CT molecular complexity index is 836. The number of rotatable bonds is 5. The highest BCUT2D eigenvalue weighted by atomic mass is 127. The highest BCUT2D eigenvalue weighted by molar-refractivity contribution is 14.0. The van der Waals surface area contributed by atoms with Crippen molar-refractivity contribution in [2.75, 3.05) is 20.7 Å². The van der Waals surface area contributed by atoms with Crippen LogP contribution in [0.4, 0.5) is 0 Å². The predicted octanol–water partition coefficient (Wildman–Crippen LogP) is 2.64. The van der Waals surface area contributed by atoms with E-state index in [0.717, 1.165) is 43.5 Å². The summed E-state index contributed by atoms with van der Waals surface area (Å²) in [5.74, 6) is 3.23. The quantitative estimate of drug-likeness (QED) is 0.368. The van der Waals surface area contributed by atoms with Gasteiger partial charge >= 0.3 is 0 Å². The SMILES string of the molecule is CN=C(NCC1CCCc2ccccc21)NC1CCc2nc(COC)nn2C1.I. The Morgan fingerprint density at radius 2 is 2.14 bits per heavy atom. The van der Waals surface area contributed by atoms with E-state index in [9.17, 15) is 0 Å². The molecule has 0 saturated carbocycles. The number of guanidine groups is 1. The first-order chi connectivity index (χ1) is 13.8. The molecule has 1 aromatic heterocycles. The lowest BCUT2D eigenvalue weighted by Crippen LogP contribution is -2.48. The maximum Gasteiger partial charge on any atom is 0.191 e. The molecule has 2 aliphatic rings. The van der Waals surface area contributed by atoms with E-state index in [1.165, 1.54) is 30.4 Å². The van der Waals surface area contributed by atoms with Crippen LogP contribution in [0.15, 0.2) is 29.3 Å². The van der Waals surface area contributed by atoms with Gasteiger partial charge in [-0.1, -0.05) is 24.3 Å². The summed E-state index contributed by atoms with van der Waals surface area (Å²) in [6.45, 7) is 2.18. The van der Waals surface area contributed by atoms with Gasteiger partial charge in [-0.05, 0) is 36.8 Å². The van der Waals surface area contributed by atoms with Crippen molar-refractivity contribution in [2.45, 2.75) is 57.2 Å². The first kappa shape index (κ1) is 22.0. The molecule has 0 fully saturated rings. The van der Waals surface area contributed by atoms with Gasteiger partial charge in [0.2, 0.25) is 0 Å². The number of ether oxygens (including phenoxy) is 1. The number of hydrogen-bond donors (Lipinski definition) is 2. The molecule has 2 atom stereocenters. The molecule has 1 aliphatic carbocycles. The van der Waals surface area contributed by atoms with E-state index in [1.54, 1.807) is 7.11 Å². The number of nitrogens with one attached hydrogen (secondary N) is 2. The average Bonchev–Trinajstić information content (AvgIpc) is 3.13. The molecule has 2 N–H and O–H groups in total. The van der Waals surface area contributed by atoms with Gasteiger partial charge in [-0.15, -0.1) is 24.0 Å². The number of aryl methyl sites for hydroxylation is 2. The van der Waals surface area contributed by atoms with Gasteiger partial charge < -0.3 is 15.4 Å². The van der Waals surface area contributed by atoms with Gasteiger partial charge in [-0.3, -0.25) is 4.99 Å². The molecule has 0 spiro atoms. The van der Waals surface area contributed by atoms with E-state index in [-0.39, 0.29) is 24.0 Å². The van der Waals surface area contributed by atoms with Crippen molar-refractivity contribution in [3.05, 3.63) is 47.0 Å². The number of benzene rings is 1. The third kappa shape index (κ3) is 5.28. The van der Waals surface area contributed by atoms with E-state index in [4.69, 9.17) is 4.74 Å². The van der Waals surface area contributed by atoms with Crippen LogP contribution in [0.3, 0.4) is 0 Å². The summed E-state index contributed by atoms with van der Waals surface area (Å²) in [6, 6.07) is 9.15. The Kier molecular flexibility index (Phi) is 7.88. The van der Waals surface area contributed by atoms with Gasteiger partial charge in [-0.2, -0.15) is 5.10 Å². The van der Waals surface area contributed by atoms with Crippen molar-refractivity contribution in [1.82, 2.24) is 25.4 Å². The zero-order valence-electron chi connectivity index (χ0n) is 17.2. The average molecular weight is 510 g/mol. The summed E-state index contributed by atoms with van der Waals surface area (Å²) in [6.07, 6.45) is 5.64. The van der Waals surface area contributed by atoms with Crippen molar-refractivity contribution in [3.63, 3.8) is 0 Å². The second-order valence-corrected chi connectivity index (χ2v) is 7.68. The molecule has 0 bridgehead atoms. The number of hydrogen-bond acceptors (Lipinski definition) is 4. The van der Waals surface area contributed by atoms with Crippen LogP contribution in [0.1, 0.15) is 48.0 Å². The molecule has 2 unspecified atom stereocenters. The zero-order valence-corrected chi connectivity index (χ0v) is 19.6. The number of halogens is 1. The molecule has 158 valence electrons. The van der Waals surface area contributed by atoms with E-state index in [1.807, 2.05) is 11.7 Å². The topological polar surface area (TPSA) is 76.4 Å². The number of aliphatic imine (C=N–C) groups is 1. The first-order valence-corrected chi connectivity index (χ1v) is 10.2. The summed E-state index contributed by atoms with van der Waals surface area (Å²) in [7, 11) is 3.51. The number of methoxy groups -OCH3 is 1. The summed E-state index contributed by atoms with van der Waals surface area (Å²) >= 11 is 0. The van der Waals surface area contributed by atoms with E-state index < -0.39 is 0 Å². The fourth-order valence-electron chi connectivity index (χ4n) is 4.34.